The molecule has 5 nitrogen and oxygen atoms in total. The number of nitrogens with one attached hydrogen (secondary N) is 1. The van der Waals surface area contributed by atoms with Gasteiger partial charge in [0.1, 0.15) is 0 Å². The zero-order chi connectivity index (χ0) is 16.7. The standard InChI is InChI=1S/C17H21IN5P/c1-17(2)6-12(7-19-17)10-22-16-4-3-13(5-14(16)8-20-22)15-9-21-23(11-15)24-18/h3-5,8-9,11-12,19,24H,6-7,10H2,1-2H3. The molecule has 1 N–H and O–H groups in total. The van der Waals surface area contributed by atoms with E-state index >= 15 is 0 Å². The topological polar surface area (TPSA) is 47.7 Å². The first kappa shape index (κ1) is 16.5. The van der Waals surface area contributed by atoms with Crippen LogP contribution in [0.3, 0.4) is 0 Å². The van der Waals surface area contributed by atoms with E-state index in [-0.39, 0.29) is 5.54 Å². The van der Waals surface area contributed by atoms with Crippen LogP contribution in [0.15, 0.2) is 36.8 Å². The van der Waals surface area contributed by atoms with Gasteiger partial charge < -0.3 is 5.32 Å². The number of benzene rings is 1. The van der Waals surface area contributed by atoms with Crippen LogP contribution in [-0.2, 0) is 6.54 Å². The summed E-state index contributed by atoms with van der Waals surface area (Å²) in [6.07, 6.45) is 7.85. The average molecular weight is 453 g/mol. The van der Waals surface area contributed by atoms with Gasteiger partial charge in [-0.2, -0.15) is 10.2 Å². The number of nitrogens with zero attached hydrogens (tertiary/aromatic N) is 4. The van der Waals surface area contributed by atoms with Crippen LogP contribution < -0.4 is 5.32 Å². The molecule has 126 valence electrons. The van der Waals surface area contributed by atoms with Crippen LogP contribution in [0.1, 0.15) is 20.3 Å². The van der Waals surface area contributed by atoms with Gasteiger partial charge in [0.05, 0.1) is 24.3 Å². The first-order chi connectivity index (χ1) is 11.5. The molecule has 0 radical (unpaired) electrons. The van der Waals surface area contributed by atoms with E-state index in [2.05, 4.69) is 80.5 Å². The Balaban J connectivity index is 1.59. The maximum atomic E-state index is 4.63. The molecule has 0 spiro atoms. The van der Waals surface area contributed by atoms with Crippen LogP contribution in [-0.4, -0.2) is 31.4 Å². The monoisotopic (exact) mass is 453 g/mol. The quantitative estimate of drug-likeness (QED) is 0.479. The van der Waals surface area contributed by atoms with Crippen LogP contribution in [0, 0.1) is 5.92 Å². The lowest BCUT2D eigenvalue weighted by Crippen LogP contribution is -2.31. The Morgan fingerprint density at radius 3 is 2.88 bits per heavy atom. The van der Waals surface area contributed by atoms with Gasteiger partial charge in [0.2, 0.25) is 0 Å². The molecule has 1 aliphatic rings. The third-order valence-electron chi connectivity index (χ3n) is 4.74. The van der Waals surface area contributed by atoms with Crippen molar-refractivity contribution in [3.63, 3.8) is 0 Å². The fraction of sp³-hybridized carbons (Fsp3) is 0.412. The van der Waals surface area contributed by atoms with E-state index < -0.39 is 0 Å². The van der Waals surface area contributed by atoms with Crippen LogP contribution in [0.5, 0.6) is 0 Å². The SMILES string of the molecule is CC1(C)CC(Cn2ncc3cc(-c4cnn(PI)c4)ccc32)CN1. The van der Waals surface area contributed by atoms with Crippen molar-refractivity contribution in [3.8, 4) is 11.1 Å². The van der Waals surface area contributed by atoms with E-state index in [0.717, 1.165) is 18.7 Å². The molecule has 24 heavy (non-hydrogen) atoms. The van der Waals surface area contributed by atoms with Crippen molar-refractivity contribution in [2.24, 2.45) is 5.92 Å². The van der Waals surface area contributed by atoms with Crippen molar-refractivity contribution in [1.29, 1.82) is 0 Å². The Morgan fingerprint density at radius 1 is 1.29 bits per heavy atom. The average Bonchev–Trinajstić information content (AvgIpc) is 3.26. The second-order valence-electron chi connectivity index (χ2n) is 7.19. The molecule has 1 aliphatic heterocycles. The highest BCUT2D eigenvalue weighted by Crippen LogP contribution is 2.29. The molecular weight excluding hydrogens is 432 g/mol. The summed E-state index contributed by atoms with van der Waals surface area (Å²) in [4.78, 5) is 0. The highest BCUT2D eigenvalue weighted by atomic mass is 127. The fourth-order valence-electron chi connectivity index (χ4n) is 3.59. The van der Waals surface area contributed by atoms with E-state index in [4.69, 9.17) is 0 Å². The summed E-state index contributed by atoms with van der Waals surface area (Å²) >= 11 is 2.34. The smallest absolute Gasteiger partial charge is 0.0682 e. The van der Waals surface area contributed by atoms with Crippen molar-refractivity contribution in [3.05, 3.63) is 36.8 Å². The minimum Gasteiger partial charge on any atom is -0.311 e. The normalized spacial score (nSPS) is 20.5. The molecule has 1 fully saturated rings. The summed E-state index contributed by atoms with van der Waals surface area (Å²) in [5, 5.41) is 13.8. The number of hydrogen-bond donors (Lipinski definition) is 1. The van der Waals surface area contributed by atoms with E-state index in [0.29, 0.717) is 12.3 Å². The predicted octanol–water partition coefficient (Wildman–Crippen LogP) is 4.08. The number of fused-ring (bicyclic) bond motifs is 1. The van der Waals surface area contributed by atoms with Crippen molar-refractivity contribution in [1.82, 2.24) is 24.6 Å². The summed E-state index contributed by atoms with van der Waals surface area (Å²) in [6.45, 7) is 6.60. The highest BCUT2D eigenvalue weighted by Gasteiger charge is 2.30. The number of hydrogen-bond acceptors (Lipinski definition) is 3. The second kappa shape index (κ2) is 6.39. The molecule has 0 bridgehead atoms. The molecule has 2 unspecified atom stereocenters. The summed E-state index contributed by atoms with van der Waals surface area (Å²) in [6, 6.07) is 6.58. The van der Waals surface area contributed by atoms with E-state index in [1.54, 1.807) is 0 Å². The highest BCUT2D eigenvalue weighted by molar-refractivity contribution is 14.2. The molecular formula is C17H21IN5P. The van der Waals surface area contributed by atoms with Gasteiger partial charge in [-0.3, -0.25) is 4.68 Å². The Labute approximate surface area is 156 Å². The van der Waals surface area contributed by atoms with Gasteiger partial charge in [0, 0.05) is 35.8 Å². The minimum atomic E-state index is 0.250. The van der Waals surface area contributed by atoms with Crippen LogP contribution >= 0.6 is 28.4 Å². The van der Waals surface area contributed by atoms with Gasteiger partial charge in [-0.05, 0) is 65.9 Å². The molecule has 7 heteroatoms. The Hall–Kier alpha value is -0.980. The third-order valence-corrected chi connectivity index (χ3v) is 6.64. The molecule has 2 aromatic heterocycles. The summed E-state index contributed by atoms with van der Waals surface area (Å²) in [5.41, 5.74) is 3.83. The molecule has 3 heterocycles. The van der Waals surface area contributed by atoms with Gasteiger partial charge in [-0.15, -0.1) is 0 Å². The lowest BCUT2D eigenvalue weighted by molar-refractivity contribution is 0.410. The fourth-order valence-corrected chi connectivity index (χ4v) is 4.67. The van der Waals surface area contributed by atoms with Crippen LogP contribution in [0.25, 0.3) is 22.0 Å². The molecule has 0 aliphatic carbocycles. The molecule has 1 aromatic carbocycles. The summed E-state index contributed by atoms with van der Waals surface area (Å²) in [7, 11) is 0. The second-order valence-corrected chi connectivity index (χ2v) is 9.27. The molecule has 0 saturated carbocycles. The number of rotatable bonds is 4. The van der Waals surface area contributed by atoms with E-state index in [1.807, 2.05) is 16.8 Å². The van der Waals surface area contributed by atoms with E-state index in [1.165, 1.54) is 22.9 Å². The zero-order valence-electron chi connectivity index (χ0n) is 13.8. The predicted molar refractivity (Wildman–Crippen MR) is 109 cm³/mol. The lowest BCUT2D eigenvalue weighted by Gasteiger charge is -2.17. The van der Waals surface area contributed by atoms with E-state index in [9.17, 15) is 0 Å². The first-order valence-electron chi connectivity index (χ1n) is 8.16. The van der Waals surface area contributed by atoms with Gasteiger partial charge in [-0.25, -0.2) is 4.45 Å². The Morgan fingerprint density at radius 2 is 2.17 bits per heavy atom. The number of aromatic nitrogens is 4. The Kier molecular flexibility index (Phi) is 4.39. The minimum absolute atomic E-state index is 0.250. The summed E-state index contributed by atoms with van der Waals surface area (Å²) in [5.74, 6) is 0.644. The van der Waals surface area contributed by atoms with Crippen molar-refractivity contribution < 1.29 is 0 Å². The molecule has 2 atom stereocenters. The maximum Gasteiger partial charge on any atom is 0.0682 e. The summed E-state index contributed by atoms with van der Waals surface area (Å²) < 4.78 is 4.13. The maximum absolute atomic E-state index is 4.63. The van der Waals surface area contributed by atoms with Crippen molar-refractivity contribution in [2.45, 2.75) is 32.4 Å². The van der Waals surface area contributed by atoms with Crippen LogP contribution in [0.2, 0.25) is 0 Å². The molecule has 0 amide bonds. The van der Waals surface area contributed by atoms with Gasteiger partial charge in [0.15, 0.2) is 0 Å². The Bertz CT molecular complexity index is 869. The first-order valence-corrected chi connectivity index (χ1v) is 12.2. The van der Waals surface area contributed by atoms with Gasteiger partial charge in [0.25, 0.3) is 0 Å². The number of halogens is 1. The molecule has 3 aromatic rings. The lowest BCUT2D eigenvalue weighted by atomic mass is 9.97. The van der Waals surface area contributed by atoms with Crippen LogP contribution in [0.4, 0.5) is 0 Å². The van der Waals surface area contributed by atoms with Gasteiger partial charge >= 0.3 is 0 Å². The molecule has 4 rings (SSSR count). The third kappa shape index (κ3) is 3.24. The van der Waals surface area contributed by atoms with Crippen molar-refractivity contribution in [2.75, 3.05) is 6.54 Å². The zero-order valence-corrected chi connectivity index (χ0v) is 17.0. The van der Waals surface area contributed by atoms with Gasteiger partial charge in [-0.1, -0.05) is 6.07 Å². The molecule has 1 saturated heterocycles. The van der Waals surface area contributed by atoms with Crippen molar-refractivity contribution >= 4 is 39.3 Å². The largest absolute Gasteiger partial charge is 0.311 e.